The molecule has 2 aliphatic rings. The van der Waals surface area contributed by atoms with Gasteiger partial charge in [-0.15, -0.1) is 0 Å². The molecule has 0 bridgehead atoms. The Kier molecular flexibility index (Phi) is 6.25. The highest BCUT2D eigenvalue weighted by Crippen LogP contribution is 2.32. The number of carbonyl (C=O) groups excluding carboxylic acids is 1. The zero-order valence-electron chi connectivity index (χ0n) is 14.7. The van der Waals surface area contributed by atoms with Crippen molar-refractivity contribution < 1.29 is 19.4 Å². The van der Waals surface area contributed by atoms with Gasteiger partial charge in [-0.3, -0.25) is 4.79 Å². The molecule has 2 amide bonds. The van der Waals surface area contributed by atoms with Crippen LogP contribution in [0, 0.1) is 5.92 Å². The predicted octanol–water partition coefficient (Wildman–Crippen LogP) is 4.43. The van der Waals surface area contributed by atoms with E-state index < -0.39 is 5.97 Å². The summed E-state index contributed by atoms with van der Waals surface area (Å²) in [5.74, 6) is -0.388. The number of aliphatic carboxylic acids is 1. The van der Waals surface area contributed by atoms with Gasteiger partial charge in [0.1, 0.15) is 5.75 Å². The van der Waals surface area contributed by atoms with E-state index in [9.17, 15) is 9.59 Å². The van der Waals surface area contributed by atoms with Gasteiger partial charge in [0.15, 0.2) is 0 Å². The van der Waals surface area contributed by atoms with Crippen molar-refractivity contribution in [3.63, 3.8) is 0 Å². The zero-order chi connectivity index (χ0) is 18.5. The average molecular weight is 381 g/mol. The molecular weight excluding hydrogens is 356 g/mol. The summed E-state index contributed by atoms with van der Waals surface area (Å²) in [5, 5.41) is 15.2. The molecular formula is C19H25ClN2O4. The van der Waals surface area contributed by atoms with Gasteiger partial charge >= 0.3 is 12.0 Å². The summed E-state index contributed by atoms with van der Waals surface area (Å²) in [6.07, 6.45) is 7.28. The van der Waals surface area contributed by atoms with Gasteiger partial charge in [0, 0.05) is 11.7 Å². The molecule has 0 heterocycles. The molecule has 1 aromatic carbocycles. The number of nitrogens with one attached hydrogen (secondary N) is 2. The van der Waals surface area contributed by atoms with Crippen molar-refractivity contribution in [3.05, 3.63) is 23.2 Å². The number of carboxylic acid groups (broad SMARTS) is 1. The number of amides is 2. The second-order valence-corrected chi connectivity index (χ2v) is 7.56. The summed E-state index contributed by atoms with van der Waals surface area (Å²) < 4.78 is 5.91. The third-order valence-corrected chi connectivity index (χ3v) is 5.49. The molecule has 0 radical (unpaired) electrons. The van der Waals surface area contributed by atoms with E-state index in [4.69, 9.17) is 21.4 Å². The first-order valence-corrected chi connectivity index (χ1v) is 9.65. The van der Waals surface area contributed by atoms with Crippen molar-refractivity contribution in [1.82, 2.24) is 5.32 Å². The van der Waals surface area contributed by atoms with Gasteiger partial charge in [-0.1, -0.05) is 11.6 Å². The Morgan fingerprint density at radius 2 is 1.77 bits per heavy atom. The molecule has 0 unspecified atom stereocenters. The maximum atomic E-state index is 12.2. The number of benzene rings is 1. The Labute approximate surface area is 158 Å². The molecule has 142 valence electrons. The van der Waals surface area contributed by atoms with Crippen LogP contribution in [0.3, 0.4) is 0 Å². The molecule has 2 fully saturated rings. The lowest BCUT2D eigenvalue weighted by molar-refractivity contribution is -0.142. The van der Waals surface area contributed by atoms with Crippen molar-refractivity contribution in [2.24, 2.45) is 5.92 Å². The summed E-state index contributed by atoms with van der Waals surface area (Å²) in [6, 6.07) is 4.95. The molecule has 0 aliphatic heterocycles. The quantitative estimate of drug-likeness (QED) is 0.705. The molecule has 2 saturated carbocycles. The first-order chi connectivity index (χ1) is 12.5. The smallest absolute Gasteiger partial charge is 0.319 e. The number of carboxylic acids is 1. The van der Waals surface area contributed by atoms with Gasteiger partial charge in [-0.2, -0.15) is 0 Å². The maximum absolute atomic E-state index is 12.2. The highest BCUT2D eigenvalue weighted by atomic mass is 35.5. The number of hydrogen-bond donors (Lipinski definition) is 3. The van der Waals surface area contributed by atoms with Crippen molar-refractivity contribution in [1.29, 1.82) is 0 Å². The van der Waals surface area contributed by atoms with Crippen LogP contribution in [0.5, 0.6) is 5.75 Å². The average Bonchev–Trinajstić information content (AvgIpc) is 3.11. The second kappa shape index (κ2) is 8.62. The largest absolute Gasteiger partial charge is 0.489 e. The molecule has 26 heavy (non-hydrogen) atoms. The summed E-state index contributed by atoms with van der Waals surface area (Å²) in [5.41, 5.74) is 0.602. The monoisotopic (exact) mass is 380 g/mol. The fourth-order valence-corrected chi connectivity index (χ4v) is 3.92. The van der Waals surface area contributed by atoms with E-state index in [0.29, 0.717) is 42.1 Å². The molecule has 2 aliphatic carbocycles. The number of halogens is 1. The van der Waals surface area contributed by atoms with Crippen LogP contribution in [-0.2, 0) is 4.79 Å². The first-order valence-electron chi connectivity index (χ1n) is 9.28. The highest BCUT2D eigenvalue weighted by molar-refractivity contribution is 6.32. The van der Waals surface area contributed by atoms with Crippen molar-refractivity contribution in [3.8, 4) is 5.75 Å². The van der Waals surface area contributed by atoms with Crippen LogP contribution < -0.4 is 15.4 Å². The topological polar surface area (TPSA) is 87.7 Å². The summed E-state index contributed by atoms with van der Waals surface area (Å²) in [4.78, 5) is 23.1. The number of carbonyl (C=O) groups is 2. The third-order valence-electron chi connectivity index (χ3n) is 5.20. The fraction of sp³-hybridized carbons (Fsp3) is 0.579. The van der Waals surface area contributed by atoms with Crippen molar-refractivity contribution in [2.75, 3.05) is 5.32 Å². The van der Waals surface area contributed by atoms with Crippen LogP contribution in [0.4, 0.5) is 10.5 Å². The Hall–Kier alpha value is -1.95. The minimum Gasteiger partial charge on any atom is -0.489 e. The second-order valence-electron chi connectivity index (χ2n) is 7.15. The van der Waals surface area contributed by atoms with Crippen LogP contribution >= 0.6 is 11.6 Å². The lowest BCUT2D eigenvalue weighted by Crippen LogP contribution is -2.40. The SMILES string of the molecule is O=C(Nc1ccc(OC2CCCC2)c(Cl)c1)NC1CCC(C(=O)O)CC1. The molecule has 7 heteroatoms. The Morgan fingerprint density at radius 1 is 1.08 bits per heavy atom. The number of rotatable bonds is 5. The third kappa shape index (κ3) is 5.04. The molecule has 3 rings (SSSR count). The minimum absolute atomic E-state index is 0.00560. The molecule has 3 N–H and O–H groups in total. The van der Waals surface area contributed by atoms with Crippen molar-refractivity contribution >= 4 is 29.3 Å². The van der Waals surface area contributed by atoms with E-state index in [1.807, 2.05) is 0 Å². The normalized spacial score (nSPS) is 23.4. The summed E-state index contributed by atoms with van der Waals surface area (Å²) >= 11 is 6.28. The van der Waals surface area contributed by atoms with E-state index in [2.05, 4.69) is 10.6 Å². The fourth-order valence-electron chi connectivity index (χ4n) is 3.70. The predicted molar refractivity (Wildman–Crippen MR) is 99.9 cm³/mol. The Morgan fingerprint density at radius 3 is 2.38 bits per heavy atom. The number of ether oxygens (including phenoxy) is 1. The Balaban J connectivity index is 1.48. The van der Waals surface area contributed by atoms with E-state index in [1.54, 1.807) is 18.2 Å². The zero-order valence-corrected chi connectivity index (χ0v) is 15.4. The van der Waals surface area contributed by atoms with E-state index in [0.717, 1.165) is 12.8 Å². The summed E-state index contributed by atoms with van der Waals surface area (Å²) in [6.45, 7) is 0. The van der Waals surface area contributed by atoms with Gasteiger partial charge in [-0.05, 0) is 69.6 Å². The van der Waals surface area contributed by atoms with Crippen molar-refractivity contribution in [2.45, 2.75) is 63.5 Å². The van der Waals surface area contributed by atoms with Crippen LogP contribution in [0.25, 0.3) is 0 Å². The number of hydrogen-bond acceptors (Lipinski definition) is 3. The summed E-state index contributed by atoms with van der Waals surface area (Å²) in [7, 11) is 0. The van der Waals surface area contributed by atoms with E-state index in [1.165, 1.54) is 12.8 Å². The van der Waals surface area contributed by atoms with Crippen LogP contribution in [0.1, 0.15) is 51.4 Å². The van der Waals surface area contributed by atoms with Gasteiger partial charge in [0.2, 0.25) is 0 Å². The molecule has 1 aromatic rings. The molecule has 0 spiro atoms. The molecule has 0 aromatic heterocycles. The lowest BCUT2D eigenvalue weighted by Gasteiger charge is -2.26. The first kappa shape index (κ1) is 18.8. The Bertz CT molecular complexity index is 653. The lowest BCUT2D eigenvalue weighted by atomic mass is 9.86. The van der Waals surface area contributed by atoms with Crippen LogP contribution in [0.2, 0.25) is 5.02 Å². The van der Waals surface area contributed by atoms with Crippen LogP contribution in [-0.4, -0.2) is 29.3 Å². The van der Waals surface area contributed by atoms with Crippen LogP contribution in [0.15, 0.2) is 18.2 Å². The molecule has 6 nitrogen and oxygen atoms in total. The number of urea groups is 1. The standard InChI is InChI=1S/C19H25ClN2O4/c20-16-11-14(9-10-17(16)26-15-3-1-2-4-15)22-19(25)21-13-7-5-12(6-8-13)18(23)24/h9-13,15H,1-8H2,(H,23,24)(H2,21,22,25). The maximum Gasteiger partial charge on any atom is 0.319 e. The van der Waals surface area contributed by atoms with Gasteiger partial charge in [-0.25, -0.2) is 4.79 Å². The van der Waals surface area contributed by atoms with E-state index >= 15 is 0 Å². The molecule has 0 saturated heterocycles. The highest BCUT2D eigenvalue weighted by Gasteiger charge is 2.26. The van der Waals surface area contributed by atoms with Gasteiger partial charge in [0.05, 0.1) is 17.0 Å². The number of anilines is 1. The molecule has 0 atom stereocenters. The van der Waals surface area contributed by atoms with E-state index in [-0.39, 0.29) is 24.1 Å². The van der Waals surface area contributed by atoms with Gasteiger partial charge in [0.25, 0.3) is 0 Å². The minimum atomic E-state index is -0.748. The van der Waals surface area contributed by atoms with Gasteiger partial charge < -0.3 is 20.5 Å².